The first-order valence-electron chi connectivity index (χ1n) is 8.69. The number of aliphatic imine (C=N–C) groups is 1. The lowest BCUT2D eigenvalue weighted by atomic mass is 10.3. The standard InChI is InChI=1S/C18H28N4S2/c1-3-19-18(20-12-6-7-14-23-2)21-13-8-11-17-22-15-9-4-5-10-16(15)24-17/h4-5,9-10H,3,6-8,11-14H2,1-2H3,(H2,19,20,21). The minimum atomic E-state index is 0.829. The summed E-state index contributed by atoms with van der Waals surface area (Å²) in [6, 6.07) is 8.34. The maximum absolute atomic E-state index is 4.68. The summed E-state index contributed by atoms with van der Waals surface area (Å²) in [4.78, 5) is 9.35. The average molecular weight is 365 g/mol. The predicted molar refractivity (Wildman–Crippen MR) is 110 cm³/mol. The Bertz CT molecular complexity index is 591. The van der Waals surface area contributed by atoms with Gasteiger partial charge in [0.1, 0.15) is 0 Å². The molecule has 0 spiro atoms. The fourth-order valence-electron chi connectivity index (χ4n) is 2.37. The van der Waals surface area contributed by atoms with E-state index < -0.39 is 0 Å². The summed E-state index contributed by atoms with van der Waals surface area (Å²) in [6.45, 7) is 4.82. The number of aryl methyl sites for hydroxylation is 1. The van der Waals surface area contributed by atoms with Crippen molar-refractivity contribution in [2.75, 3.05) is 31.6 Å². The molecule has 0 radical (unpaired) electrons. The number of aromatic nitrogens is 1. The van der Waals surface area contributed by atoms with Crippen molar-refractivity contribution in [1.82, 2.24) is 15.6 Å². The van der Waals surface area contributed by atoms with Crippen LogP contribution in [0.2, 0.25) is 0 Å². The number of fused-ring (bicyclic) bond motifs is 1. The second-order valence-corrected chi connectivity index (χ2v) is 7.67. The van der Waals surface area contributed by atoms with E-state index in [-0.39, 0.29) is 0 Å². The van der Waals surface area contributed by atoms with Crippen LogP contribution in [0.15, 0.2) is 29.3 Å². The van der Waals surface area contributed by atoms with E-state index in [1.54, 1.807) is 11.3 Å². The topological polar surface area (TPSA) is 49.3 Å². The number of hydrogen-bond acceptors (Lipinski definition) is 4. The number of hydrogen-bond donors (Lipinski definition) is 2. The van der Waals surface area contributed by atoms with E-state index in [2.05, 4.69) is 52.0 Å². The lowest BCUT2D eigenvalue weighted by Crippen LogP contribution is -2.37. The summed E-state index contributed by atoms with van der Waals surface area (Å²) >= 11 is 3.70. The van der Waals surface area contributed by atoms with Gasteiger partial charge in [-0.25, -0.2) is 4.98 Å². The summed E-state index contributed by atoms with van der Waals surface area (Å²) in [5.41, 5.74) is 1.11. The van der Waals surface area contributed by atoms with Crippen LogP contribution in [0.1, 0.15) is 31.2 Å². The number of rotatable bonds is 10. The molecule has 0 amide bonds. The van der Waals surface area contributed by atoms with E-state index in [9.17, 15) is 0 Å². The highest BCUT2D eigenvalue weighted by Gasteiger charge is 2.03. The van der Waals surface area contributed by atoms with Gasteiger partial charge >= 0.3 is 0 Å². The molecular weight excluding hydrogens is 336 g/mol. The maximum atomic E-state index is 4.68. The Hall–Kier alpha value is -1.27. The average Bonchev–Trinajstić information content (AvgIpc) is 3.01. The highest BCUT2D eigenvalue weighted by molar-refractivity contribution is 7.98. The molecule has 24 heavy (non-hydrogen) atoms. The molecule has 1 aromatic carbocycles. The monoisotopic (exact) mass is 364 g/mol. The molecule has 0 atom stereocenters. The van der Waals surface area contributed by atoms with E-state index in [0.29, 0.717) is 0 Å². The second kappa shape index (κ2) is 11.3. The van der Waals surface area contributed by atoms with Crippen LogP contribution in [0.25, 0.3) is 10.2 Å². The molecule has 2 aromatic rings. The summed E-state index contributed by atoms with van der Waals surface area (Å²) in [5, 5.41) is 7.94. The summed E-state index contributed by atoms with van der Waals surface area (Å²) in [5.74, 6) is 2.17. The first-order valence-corrected chi connectivity index (χ1v) is 10.9. The van der Waals surface area contributed by atoms with Crippen molar-refractivity contribution >= 4 is 39.3 Å². The number of benzene rings is 1. The van der Waals surface area contributed by atoms with Gasteiger partial charge in [0.15, 0.2) is 5.96 Å². The van der Waals surface area contributed by atoms with Crippen LogP contribution in [-0.4, -0.2) is 42.6 Å². The number of thioether (sulfide) groups is 1. The molecule has 2 N–H and O–H groups in total. The van der Waals surface area contributed by atoms with Crippen molar-refractivity contribution in [2.24, 2.45) is 4.99 Å². The van der Waals surface area contributed by atoms with Crippen molar-refractivity contribution in [1.29, 1.82) is 0 Å². The molecule has 0 aliphatic carbocycles. The van der Waals surface area contributed by atoms with E-state index in [0.717, 1.165) is 44.0 Å². The Balaban J connectivity index is 1.72. The Labute approximate surface area is 153 Å². The normalized spacial score (nSPS) is 11.8. The van der Waals surface area contributed by atoms with Crippen molar-refractivity contribution < 1.29 is 0 Å². The van der Waals surface area contributed by atoms with E-state index in [4.69, 9.17) is 0 Å². The molecule has 0 aliphatic heterocycles. The lowest BCUT2D eigenvalue weighted by molar-refractivity contribution is 0.729. The molecule has 0 aliphatic rings. The van der Waals surface area contributed by atoms with Crippen molar-refractivity contribution in [3.63, 3.8) is 0 Å². The minimum Gasteiger partial charge on any atom is -0.357 e. The van der Waals surface area contributed by atoms with E-state index in [1.807, 2.05) is 17.8 Å². The van der Waals surface area contributed by atoms with Crippen LogP contribution < -0.4 is 10.6 Å². The quantitative estimate of drug-likeness (QED) is 0.381. The van der Waals surface area contributed by atoms with Crippen LogP contribution in [0.4, 0.5) is 0 Å². The van der Waals surface area contributed by atoms with E-state index in [1.165, 1.54) is 28.3 Å². The second-order valence-electron chi connectivity index (χ2n) is 5.57. The van der Waals surface area contributed by atoms with Gasteiger partial charge in [0.25, 0.3) is 0 Å². The number of guanidine groups is 1. The molecule has 0 saturated heterocycles. The Kier molecular flexibility index (Phi) is 8.98. The van der Waals surface area contributed by atoms with Crippen LogP contribution >= 0.6 is 23.1 Å². The predicted octanol–water partition coefficient (Wildman–Crippen LogP) is 3.93. The summed E-state index contributed by atoms with van der Waals surface area (Å²) in [7, 11) is 0. The molecule has 0 unspecified atom stereocenters. The minimum absolute atomic E-state index is 0.829. The number of nitrogens with zero attached hydrogens (tertiary/aromatic N) is 2. The van der Waals surface area contributed by atoms with Gasteiger partial charge in [-0.1, -0.05) is 12.1 Å². The van der Waals surface area contributed by atoms with Crippen LogP contribution in [0.5, 0.6) is 0 Å². The number of para-hydroxylation sites is 1. The summed E-state index contributed by atoms with van der Waals surface area (Å²) < 4.78 is 1.27. The van der Waals surface area contributed by atoms with Crippen molar-refractivity contribution in [3.05, 3.63) is 29.3 Å². The molecule has 6 heteroatoms. The fourth-order valence-corrected chi connectivity index (χ4v) is 3.87. The third kappa shape index (κ3) is 6.69. The van der Waals surface area contributed by atoms with Crippen molar-refractivity contribution in [2.45, 2.75) is 32.6 Å². The maximum Gasteiger partial charge on any atom is 0.191 e. The first-order chi connectivity index (χ1) is 11.8. The van der Waals surface area contributed by atoms with E-state index >= 15 is 0 Å². The van der Waals surface area contributed by atoms with Gasteiger partial charge in [-0.3, -0.25) is 4.99 Å². The molecular formula is C18H28N4S2. The number of thiazole rings is 1. The molecule has 4 nitrogen and oxygen atoms in total. The Morgan fingerprint density at radius 1 is 1.21 bits per heavy atom. The zero-order chi connectivity index (χ0) is 17.0. The summed E-state index contributed by atoms with van der Waals surface area (Å²) in [6.07, 6.45) is 6.63. The third-order valence-electron chi connectivity index (χ3n) is 3.57. The SMILES string of the molecule is CCNC(=NCCCc1nc2ccccc2s1)NCCCCSC. The van der Waals surface area contributed by atoms with Gasteiger partial charge in [0, 0.05) is 26.1 Å². The zero-order valence-electron chi connectivity index (χ0n) is 14.7. The Morgan fingerprint density at radius 3 is 2.88 bits per heavy atom. The molecule has 132 valence electrons. The van der Waals surface area contributed by atoms with Crippen LogP contribution in [0, 0.1) is 0 Å². The van der Waals surface area contributed by atoms with Gasteiger partial charge in [-0.15, -0.1) is 11.3 Å². The first kappa shape index (κ1) is 19.1. The molecule has 0 bridgehead atoms. The zero-order valence-corrected chi connectivity index (χ0v) is 16.3. The molecule has 1 aromatic heterocycles. The van der Waals surface area contributed by atoms with Gasteiger partial charge in [-0.2, -0.15) is 11.8 Å². The third-order valence-corrected chi connectivity index (χ3v) is 5.36. The smallest absolute Gasteiger partial charge is 0.191 e. The van der Waals surface area contributed by atoms with Gasteiger partial charge < -0.3 is 10.6 Å². The molecule has 0 saturated carbocycles. The van der Waals surface area contributed by atoms with Crippen molar-refractivity contribution in [3.8, 4) is 0 Å². The van der Waals surface area contributed by atoms with Crippen LogP contribution in [-0.2, 0) is 6.42 Å². The van der Waals surface area contributed by atoms with Crippen LogP contribution in [0.3, 0.4) is 0 Å². The highest BCUT2D eigenvalue weighted by Crippen LogP contribution is 2.22. The molecule has 1 heterocycles. The molecule has 0 fully saturated rings. The number of nitrogens with one attached hydrogen (secondary N) is 2. The lowest BCUT2D eigenvalue weighted by Gasteiger charge is -2.10. The molecule has 2 rings (SSSR count). The van der Waals surface area contributed by atoms with Gasteiger partial charge in [-0.05, 0) is 50.3 Å². The van der Waals surface area contributed by atoms with Gasteiger partial charge in [0.05, 0.1) is 15.2 Å². The highest BCUT2D eigenvalue weighted by atomic mass is 32.2. The fraction of sp³-hybridized carbons (Fsp3) is 0.556. The van der Waals surface area contributed by atoms with Gasteiger partial charge in [0.2, 0.25) is 0 Å². The number of unbranched alkanes of at least 4 members (excludes halogenated alkanes) is 1. The largest absolute Gasteiger partial charge is 0.357 e. The Morgan fingerprint density at radius 2 is 2.08 bits per heavy atom.